The molecule has 1 N–H and O–H groups in total. The van der Waals surface area contributed by atoms with Crippen LogP contribution < -0.4 is 4.72 Å². The van der Waals surface area contributed by atoms with Gasteiger partial charge in [-0.1, -0.05) is 42.5 Å². The first-order valence-corrected chi connectivity index (χ1v) is 11.1. The Bertz CT molecular complexity index is 1460. The third-order valence-electron chi connectivity index (χ3n) is 4.71. The number of nitrogens with one attached hydrogen (secondary N) is 1. The van der Waals surface area contributed by atoms with Crippen molar-refractivity contribution in [3.63, 3.8) is 0 Å². The summed E-state index contributed by atoms with van der Waals surface area (Å²) >= 11 is 0. The van der Waals surface area contributed by atoms with E-state index in [1.54, 1.807) is 36.4 Å². The van der Waals surface area contributed by atoms with Crippen LogP contribution in [0.25, 0.3) is 22.4 Å². The normalized spacial score (nSPS) is 11.9. The predicted octanol–water partition coefficient (Wildman–Crippen LogP) is 5.91. The molecule has 1 heterocycles. The molecule has 1 aromatic heterocycles. The van der Waals surface area contributed by atoms with Gasteiger partial charge >= 0.3 is 6.18 Å². The van der Waals surface area contributed by atoms with Gasteiger partial charge in [-0.15, -0.1) is 0 Å². The van der Waals surface area contributed by atoms with Crippen molar-refractivity contribution in [3.8, 4) is 22.4 Å². The van der Waals surface area contributed by atoms with E-state index in [1.165, 1.54) is 18.2 Å². The summed E-state index contributed by atoms with van der Waals surface area (Å²) in [6.07, 6.45) is -4.95. The van der Waals surface area contributed by atoms with Crippen molar-refractivity contribution in [2.75, 3.05) is 4.72 Å². The monoisotopic (exact) mass is 491 g/mol. The maximum atomic E-state index is 13.6. The van der Waals surface area contributed by atoms with Crippen molar-refractivity contribution < 1.29 is 30.4 Å². The zero-order chi connectivity index (χ0) is 24.5. The van der Waals surface area contributed by atoms with Gasteiger partial charge in [-0.2, -0.15) is 13.2 Å². The standard InChI is InChI=1S/C23H14F5N3O2S/c24-18-10-9-16(12-19(18)25)20-13-21(23(26,27)28)30-22(29-20)31-34(32,33)17-8-4-7-15(11-17)14-5-2-1-3-6-14/h1-13H,(H,29,30,31). The average molecular weight is 491 g/mol. The summed E-state index contributed by atoms with van der Waals surface area (Å²) in [4.78, 5) is 6.82. The van der Waals surface area contributed by atoms with E-state index >= 15 is 0 Å². The van der Waals surface area contributed by atoms with Gasteiger partial charge in [0.2, 0.25) is 5.95 Å². The SMILES string of the molecule is O=S(=O)(Nc1nc(-c2ccc(F)c(F)c2)cc(C(F)(F)F)n1)c1cccc(-c2ccccc2)c1. The lowest BCUT2D eigenvalue weighted by Gasteiger charge is -2.13. The van der Waals surface area contributed by atoms with E-state index in [0.717, 1.165) is 17.7 Å². The maximum absolute atomic E-state index is 13.6. The van der Waals surface area contributed by atoms with Crippen LogP contribution in [-0.4, -0.2) is 18.4 Å². The molecule has 0 radical (unpaired) electrons. The number of benzene rings is 3. The second-order valence-corrected chi connectivity index (χ2v) is 8.77. The molecule has 3 aromatic carbocycles. The molecule has 0 aliphatic heterocycles. The highest BCUT2D eigenvalue weighted by atomic mass is 32.2. The van der Waals surface area contributed by atoms with Crippen LogP contribution in [0, 0.1) is 11.6 Å². The average Bonchev–Trinajstić information content (AvgIpc) is 2.80. The molecule has 0 aliphatic carbocycles. The lowest BCUT2D eigenvalue weighted by atomic mass is 10.1. The van der Waals surface area contributed by atoms with Crippen molar-refractivity contribution in [1.29, 1.82) is 0 Å². The first-order chi connectivity index (χ1) is 16.0. The lowest BCUT2D eigenvalue weighted by molar-refractivity contribution is -0.141. The molecule has 0 saturated heterocycles. The number of rotatable bonds is 5. The van der Waals surface area contributed by atoms with Gasteiger partial charge in [-0.3, -0.25) is 0 Å². The number of nitrogens with zero attached hydrogens (tertiary/aromatic N) is 2. The van der Waals surface area contributed by atoms with Crippen molar-refractivity contribution in [2.45, 2.75) is 11.1 Å². The second kappa shape index (κ2) is 8.82. The minimum absolute atomic E-state index is 0.196. The number of hydrogen-bond donors (Lipinski definition) is 1. The summed E-state index contributed by atoms with van der Waals surface area (Å²) < 4.78 is 94.8. The summed E-state index contributed by atoms with van der Waals surface area (Å²) in [5.41, 5.74) is -0.806. The fourth-order valence-corrected chi connectivity index (χ4v) is 4.08. The van der Waals surface area contributed by atoms with Gasteiger partial charge in [0.1, 0.15) is 0 Å². The van der Waals surface area contributed by atoms with Crippen LogP contribution in [0.15, 0.2) is 83.8 Å². The number of hydrogen-bond acceptors (Lipinski definition) is 4. The Morgan fingerprint density at radius 1 is 0.706 bits per heavy atom. The predicted molar refractivity (Wildman–Crippen MR) is 115 cm³/mol. The maximum Gasteiger partial charge on any atom is 0.433 e. The number of aromatic nitrogens is 2. The van der Waals surface area contributed by atoms with Crippen LogP contribution >= 0.6 is 0 Å². The van der Waals surface area contributed by atoms with Crippen LogP contribution in [-0.2, 0) is 16.2 Å². The molecule has 0 aliphatic rings. The summed E-state index contributed by atoms with van der Waals surface area (Å²) in [7, 11) is -4.40. The van der Waals surface area contributed by atoms with Gasteiger partial charge in [-0.25, -0.2) is 31.9 Å². The lowest BCUT2D eigenvalue weighted by Crippen LogP contribution is -2.18. The fourth-order valence-electron chi connectivity index (χ4n) is 3.09. The molecule has 0 amide bonds. The van der Waals surface area contributed by atoms with Crippen LogP contribution in [0.4, 0.5) is 27.9 Å². The van der Waals surface area contributed by atoms with Crippen molar-refractivity contribution in [3.05, 3.63) is 96.2 Å². The largest absolute Gasteiger partial charge is 0.433 e. The van der Waals surface area contributed by atoms with Crippen LogP contribution in [0.5, 0.6) is 0 Å². The van der Waals surface area contributed by atoms with Gasteiger partial charge in [-0.05, 0) is 47.5 Å². The molecular weight excluding hydrogens is 477 g/mol. The van der Waals surface area contributed by atoms with Crippen LogP contribution in [0.2, 0.25) is 0 Å². The molecule has 4 rings (SSSR count). The summed E-state index contributed by atoms with van der Waals surface area (Å²) in [5, 5.41) is 0. The molecule has 174 valence electrons. The second-order valence-electron chi connectivity index (χ2n) is 7.09. The number of sulfonamides is 1. The smallest absolute Gasteiger partial charge is 0.247 e. The van der Waals surface area contributed by atoms with E-state index in [4.69, 9.17) is 0 Å². The Morgan fingerprint density at radius 2 is 1.41 bits per heavy atom. The van der Waals surface area contributed by atoms with Gasteiger partial charge in [0, 0.05) is 5.56 Å². The highest BCUT2D eigenvalue weighted by molar-refractivity contribution is 7.92. The van der Waals surface area contributed by atoms with Gasteiger partial charge in [0.05, 0.1) is 10.6 Å². The molecule has 11 heteroatoms. The molecule has 0 saturated carbocycles. The Kier molecular flexibility index (Phi) is 6.05. The molecule has 5 nitrogen and oxygen atoms in total. The van der Waals surface area contributed by atoms with Gasteiger partial charge < -0.3 is 0 Å². The Morgan fingerprint density at radius 3 is 2.09 bits per heavy atom. The molecule has 0 atom stereocenters. The number of anilines is 1. The topological polar surface area (TPSA) is 72.0 Å². The summed E-state index contributed by atoms with van der Waals surface area (Å²) in [6, 6.07) is 17.5. The minimum atomic E-state index is -4.95. The fraction of sp³-hybridized carbons (Fsp3) is 0.0435. The molecule has 0 unspecified atom stereocenters. The highest BCUT2D eigenvalue weighted by Gasteiger charge is 2.34. The van der Waals surface area contributed by atoms with Gasteiger partial charge in [0.15, 0.2) is 17.3 Å². The molecule has 0 bridgehead atoms. The zero-order valence-electron chi connectivity index (χ0n) is 17.0. The Labute approximate surface area is 191 Å². The third kappa shape index (κ3) is 5.04. The Hall–Kier alpha value is -3.86. The first-order valence-electron chi connectivity index (χ1n) is 9.63. The molecular formula is C23H14F5N3O2S. The minimum Gasteiger partial charge on any atom is -0.247 e. The van der Waals surface area contributed by atoms with Crippen molar-refractivity contribution in [1.82, 2.24) is 9.97 Å². The van der Waals surface area contributed by atoms with Crippen molar-refractivity contribution >= 4 is 16.0 Å². The molecule has 4 aromatic rings. The van der Waals surface area contributed by atoms with E-state index in [2.05, 4.69) is 9.97 Å². The third-order valence-corrected chi connectivity index (χ3v) is 6.03. The number of halogens is 5. The van der Waals surface area contributed by atoms with Crippen LogP contribution in [0.3, 0.4) is 0 Å². The van der Waals surface area contributed by atoms with E-state index in [0.29, 0.717) is 17.7 Å². The molecule has 0 fully saturated rings. The summed E-state index contributed by atoms with van der Waals surface area (Å²) in [5.74, 6) is -3.38. The Balaban J connectivity index is 1.75. The van der Waals surface area contributed by atoms with E-state index in [-0.39, 0.29) is 10.5 Å². The highest BCUT2D eigenvalue weighted by Crippen LogP contribution is 2.32. The molecule has 0 spiro atoms. The van der Waals surface area contributed by atoms with Gasteiger partial charge in [0.25, 0.3) is 10.0 Å². The number of alkyl halides is 3. The van der Waals surface area contributed by atoms with Crippen LogP contribution in [0.1, 0.15) is 5.69 Å². The quantitative estimate of drug-likeness (QED) is 0.353. The van der Waals surface area contributed by atoms with E-state index in [9.17, 15) is 30.4 Å². The van der Waals surface area contributed by atoms with E-state index in [1.807, 2.05) is 4.72 Å². The summed E-state index contributed by atoms with van der Waals surface area (Å²) in [6.45, 7) is 0. The first kappa shape index (κ1) is 23.3. The van der Waals surface area contributed by atoms with Crippen molar-refractivity contribution in [2.24, 2.45) is 0 Å². The zero-order valence-corrected chi connectivity index (χ0v) is 17.8. The van der Waals surface area contributed by atoms with E-state index < -0.39 is 45.2 Å². The molecule has 34 heavy (non-hydrogen) atoms.